The number of piperidine rings is 1. The highest BCUT2D eigenvalue weighted by molar-refractivity contribution is 5.77. The molecule has 2 aromatic rings. The minimum absolute atomic E-state index is 0.0164. The number of rotatable bonds is 8. The van der Waals surface area contributed by atoms with Crippen LogP contribution >= 0.6 is 0 Å². The molecule has 0 saturated carbocycles. The fourth-order valence-electron chi connectivity index (χ4n) is 5.28. The van der Waals surface area contributed by atoms with Gasteiger partial charge in [0.05, 0.1) is 12.0 Å². The van der Waals surface area contributed by atoms with Crippen molar-refractivity contribution in [2.45, 2.75) is 51.6 Å². The van der Waals surface area contributed by atoms with Crippen molar-refractivity contribution in [1.29, 1.82) is 0 Å². The van der Waals surface area contributed by atoms with Gasteiger partial charge in [-0.15, -0.1) is 0 Å². The van der Waals surface area contributed by atoms with E-state index in [1.54, 1.807) is 0 Å². The highest BCUT2D eigenvalue weighted by atomic mass is 16.5. The number of benzene rings is 2. The van der Waals surface area contributed by atoms with Crippen molar-refractivity contribution in [1.82, 2.24) is 9.80 Å². The van der Waals surface area contributed by atoms with Gasteiger partial charge in [-0.1, -0.05) is 60.7 Å². The molecule has 0 spiro atoms. The molecule has 1 atom stereocenters. The van der Waals surface area contributed by atoms with E-state index in [-0.39, 0.29) is 11.4 Å². The van der Waals surface area contributed by atoms with Crippen LogP contribution < -0.4 is 0 Å². The number of hydrogen-bond acceptors (Lipinski definition) is 4. The van der Waals surface area contributed by atoms with Crippen LogP contribution in [0.4, 0.5) is 0 Å². The molecule has 0 bridgehead atoms. The number of likely N-dealkylation sites (tertiary alicyclic amines) is 2. The van der Waals surface area contributed by atoms with Gasteiger partial charge in [-0.3, -0.25) is 14.6 Å². The van der Waals surface area contributed by atoms with Gasteiger partial charge in [-0.05, 0) is 63.2 Å². The molecule has 0 aliphatic carbocycles. The molecular weight excluding hydrogens is 384 g/mol. The summed E-state index contributed by atoms with van der Waals surface area (Å²) in [6.45, 7) is 7.70. The molecule has 4 heteroatoms. The standard InChI is InChI=1S/C27H36N2O2/c1-2-31-26(30)27(15-13-23-9-5-3-6-10-23)16-19-29(20-17-27)25-14-18-28(22-25)21-24-11-7-4-8-12-24/h3-12,25H,2,13-22H2,1H3/t25-/m0/s1. The Morgan fingerprint density at radius 3 is 2.26 bits per heavy atom. The molecule has 2 saturated heterocycles. The van der Waals surface area contributed by atoms with Crippen LogP contribution in [0.5, 0.6) is 0 Å². The van der Waals surface area contributed by atoms with Crippen LogP contribution in [0.25, 0.3) is 0 Å². The van der Waals surface area contributed by atoms with Gasteiger partial charge >= 0.3 is 5.97 Å². The molecule has 2 aliphatic heterocycles. The molecule has 0 radical (unpaired) electrons. The highest BCUT2D eigenvalue weighted by Crippen LogP contribution is 2.39. The molecular formula is C27H36N2O2. The monoisotopic (exact) mass is 420 g/mol. The number of ether oxygens (including phenoxy) is 1. The average Bonchev–Trinajstić information content (AvgIpc) is 3.28. The second-order valence-corrected chi connectivity index (χ2v) is 9.19. The Morgan fingerprint density at radius 1 is 0.968 bits per heavy atom. The predicted molar refractivity (Wildman–Crippen MR) is 125 cm³/mol. The molecule has 2 aromatic carbocycles. The van der Waals surface area contributed by atoms with Gasteiger partial charge < -0.3 is 4.74 Å². The maximum Gasteiger partial charge on any atom is 0.312 e. The van der Waals surface area contributed by atoms with E-state index < -0.39 is 0 Å². The number of nitrogens with zero attached hydrogens (tertiary/aromatic N) is 2. The van der Waals surface area contributed by atoms with Crippen LogP contribution in [0.15, 0.2) is 60.7 Å². The first-order valence-corrected chi connectivity index (χ1v) is 11.9. The van der Waals surface area contributed by atoms with E-state index in [2.05, 4.69) is 64.4 Å². The molecule has 2 aliphatic rings. The Bertz CT molecular complexity index is 816. The molecule has 4 nitrogen and oxygen atoms in total. The minimum atomic E-state index is -0.329. The van der Waals surface area contributed by atoms with E-state index in [4.69, 9.17) is 4.74 Å². The van der Waals surface area contributed by atoms with E-state index in [1.807, 2.05) is 13.0 Å². The van der Waals surface area contributed by atoms with Crippen molar-refractivity contribution in [2.75, 3.05) is 32.8 Å². The Labute approximate surface area is 187 Å². The molecule has 31 heavy (non-hydrogen) atoms. The zero-order valence-corrected chi connectivity index (χ0v) is 18.8. The summed E-state index contributed by atoms with van der Waals surface area (Å²) < 4.78 is 5.55. The molecule has 166 valence electrons. The molecule has 2 fully saturated rings. The first-order valence-electron chi connectivity index (χ1n) is 11.9. The topological polar surface area (TPSA) is 32.8 Å². The zero-order chi connectivity index (χ0) is 21.5. The van der Waals surface area contributed by atoms with Gasteiger partial charge in [0.2, 0.25) is 0 Å². The van der Waals surface area contributed by atoms with Gasteiger partial charge in [0.1, 0.15) is 0 Å². The van der Waals surface area contributed by atoms with Crippen LogP contribution in [-0.2, 0) is 22.5 Å². The maximum atomic E-state index is 13.0. The summed E-state index contributed by atoms with van der Waals surface area (Å²) in [5.74, 6) is 0.0164. The Hall–Kier alpha value is -2.17. The van der Waals surface area contributed by atoms with Crippen molar-refractivity contribution >= 4 is 5.97 Å². The van der Waals surface area contributed by atoms with Crippen LogP contribution in [0.1, 0.15) is 43.7 Å². The van der Waals surface area contributed by atoms with Gasteiger partial charge in [-0.25, -0.2) is 0 Å². The van der Waals surface area contributed by atoms with Crippen LogP contribution in [0, 0.1) is 5.41 Å². The second kappa shape index (κ2) is 10.4. The lowest BCUT2D eigenvalue weighted by atomic mass is 9.74. The summed E-state index contributed by atoms with van der Waals surface area (Å²) in [6, 6.07) is 21.9. The van der Waals surface area contributed by atoms with Gasteiger partial charge in [-0.2, -0.15) is 0 Å². The summed E-state index contributed by atoms with van der Waals surface area (Å²) in [5, 5.41) is 0. The van der Waals surface area contributed by atoms with Crippen molar-refractivity contribution in [3.8, 4) is 0 Å². The smallest absolute Gasteiger partial charge is 0.312 e. The van der Waals surface area contributed by atoms with E-state index in [1.165, 1.54) is 17.5 Å². The lowest BCUT2D eigenvalue weighted by molar-refractivity contribution is -0.159. The maximum absolute atomic E-state index is 13.0. The van der Waals surface area contributed by atoms with Crippen molar-refractivity contribution < 1.29 is 9.53 Å². The molecule has 0 N–H and O–H groups in total. The van der Waals surface area contributed by atoms with Gasteiger partial charge in [0.25, 0.3) is 0 Å². The van der Waals surface area contributed by atoms with Gasteiger partial charge in [0, 0.05) is 25.7 Å². The van der Waals surface area contributed by atoms with E-state index >= 15 is 0 Å². The summed E-state index contributed by atoms with van der Waals surface area (Å²) in [5.41, 5.74) is 2.37. The highest BCUT2D eigenvalue weighted by Gasteiger charge is 2.43. The van der Waals surface area contributed by atoms with E-state index in [9.17, 15) is 4.79 Å². The third-order valence-corrected chi connectivity index (χ3v) is 7.21. The molecule has 0 unspecified atom stereocenters. The number of aryl methyl sites for hydroxylation is 1. The number of esters is 1. The van der Waals surface area contributed by atoms with E-state index in [0.717, 1.165) is 58.4 Å². The first-order chi connectivity index (χ1) is 15.2. The number of hydrogen-bond donors (Lipinski definition) is 0. The SMILES string of the molecule is CCOC(=O)C1(CCc2ccccc2)CCN([C@H]2CCN(Cc3ccccc3)C2)CC1. The number of carbonyl (C=O) groups excluding carboxylic acids is 1. The lowest BCUT2D eigenvalue weighted by Gasteiger charge is -2.42. The largest absolute Gasteiger partial charge is 0.466 e. The van der Waals surface area contributed by atoms with Crippen molar-refractivity contribution in [2.24, 2.45) is 5.41 Å². The van der Waals surface area contributed by atoms with Gasteiger partial charge in [0.15, 0.2) is 0 Å². The normalized spacial score (nSPS) is 21.8. The fraction of sp³-hybridized carbons (Fsp3) is 0.519. The quantitative estimate of drug-likeness (QED) is 0.587. The zero-order valence-electron chi connectivity index (χ0n) is 18.8. The van der Waals surface area contributed by atoms with Crippen molar-refractivity contribution in [3.05, 3.63) is 71.8 Å². The second-order valence-electron chi connectivity index (χ2n) is 9.19. The third-order valence-electron chi connectivity index (χ3n) is 7.21. The Kier molecular flexibility index (Phi) is 7.41. The summed E-state index contributed by atoms with van der Waals surface area (Å²) in [6.07, 6.45) is 4.87. The Morgan fingerprint density at radius 2 is 1.61 bits per heavy atom. The minimum Gasteiger partial charge on any atom is -0.466 e. The number of carbonyl (C=O) groups is 1. The molecule has 2 heterocycles. The van der Waals surface area contributed by atoms with Crippen LogP contribution in [-0.4, -0.2) is 54.6 Å². The third kappa shape index (κ3) is 5.55. The molecule has 0 aromatic heterocycles. The molecule has 4 rings (SSSR count). The summed E-state index contributed by atoms with van der Waals surface area (Å²) in [7, 11) is 0. The summed E-state index contributed by atoms with van der Waals surface area (Å²) >= 11 is 0. The first kappa shape index (κ1) is 22.0. The summed E-state index contributed by atoms with van der Waals surface area (Å²) in [4.78, 5) is 18.2. The van der Waals surface area contributed by atoms with Crippen molar-refractivity contribution in [3.63, 3.8) is 0 Å². The predicted octanol–water partition coefficient (Wildman–Crippen LogP) is 4.54. The Balaban J connectivity index is 1.33. The van der Waals surface area contributed by atoms with E-state index in [0.29, 0.717) is 12.6 Å². The molecule has 0 amide bonds. The lowest BCUT2D eigenvalue weighted by Crippen LogP contribution is -2.49. The van der Waals surface area contributed by atoms with Crippen LogP contribution in [0.2, 0.25) is 0 Å². The average molecular weight is 421 g/mol. The fourth-order valence-corrected chi connectivity index (χ4v) is 5.28. The van der Waals surface area contributed by atoms with Crippen LogP contribution in [0.3, 0.4) is 0 Å².